The molecule has 1 amide bonds. The molecule has 1 atom stereocenters. The number of Topliss-reactive ketones (excluding diaryl/α,β-unsaturated/α-hetero) is 1. The highest BCUT2D eigenvalue weighted by atomic mass is 16.6. The van der Waals surface area contributed by atoms with Gasteiger partial charge in [0.25, 0.3) is 0 Å². The van der Waals surface area contributed by atoms with Gasteiger partial charge in [0.05, 0.1) is 7.11 Å². The molecule has 0 aromatic heterocycles. The van der Waals surface area contributed by atoms with E-state index >= 15 is 0 Å². The maximum absolute atomic E-state index is 11.9. The molecular weight excluding hydrogens is 318 g/mol. The number of rotatable bonds is 6. The molecule has 1 N–H and O–H groups in total. The van der Waals surface area contributed by atoms with Gasteiger partial charge in [-0.25, -0.2) is 9.59 Å². The van der Waals surface area contributed by atoms with Crippen molar-refractivity contribution >= 4 is 23.8 Å². The summed E-state index contributed by atoms with van der Waals surface area (Å²) in [4.78, 5) is 47.0. The number of nitrogens with one attached hydrogen (secondary N) is 1. The van der Waals surface area contributed by atoms with Gasteiger partial charge in [-0.3, -0.25) is 9.59 Å². The van der Waals surface area contributed by atoms with E-state index in [2.05, 4.69) is 10.1 Å². The average molecular weight is 345 g/mol. The quantitative estimate of drug-likeness (QED) is 0.444. The van der Waals surface area contributed by atoms with Crippen molar-refractivity contribution in [3.05, 3.63) is 0 Å². The summed E-state index contributed by atoms with van der Waals surface area (Å²) in [5, 5.41) is 2.27. The zero-order valence-electron chi connectivity index (χ0n) is 15.3. The first-order chi connectivity index (χ1) is 10.7. The van der Waals surface area contributed by atoms with Crippen LogP contribution in [0.5, 0.6) is 0 Å². The second-order valence-electron chi connectivity index (χ2n) is 7.23. The Morgan fingerprint density at radius 2 is 1.42 bits per heavy atom. The van der Waals surface area contributed by atoms with Crippen molar-refractivity contribution in [1.82, 2.24) is 5.32 Å². The smallest absolute Gasteiger partial charge is 0.408 e. The van der Waals surface area contributed by atoms with Gasteiger partial charge in [-0.05, 0) is 41.5 Å². The molecule has 0 heterocycles. The molecule has 0 radical (unpaired) electrons. The highest BCUT2D eigenvalue weighted by molar-refractivity contribution is 5.98. The minimum atomic E-state index is -1.24. The number of esters is 2. The minimum absolute atomic E-state index is 0.398. The van der Waals surface area contributed by atoms with E-state index in [1.54, 1.807) is 41.5 Å². The molecule has 0 rings (SSSR count). The zero-order valence-corrected chi connectivity index (χ0v) is 15.3. The lowest BCUT2D eigenvalue weighted by atomic mass is 10.1. The highest BCUT2D eigenvalue weighted by Gasteiger charge is 2.28. The molecule has 0 aromatic carbocycles. The van der Waals surface area contributed by atoms with Crippen LogP contribution in [0.2, 0.25) is 0 Å². The number of methoxy groups -OCH3 is 1. The molecule has 0 fully saturated rings. The Kier molecular flexibility index (Phi) is 7.89. The number of alkyl carbamates (subject to hydrolysis) is 1. The first-order valence-electron chi connectivity index (χ1n) is 7.54. The summed E-state index contributed by atoms with van der Waals surface area (Å²) in [6.07, 6.45) is -1.76. The fraction of sp³-hybridized carbons (Fsp3) is 0.750. The van der Waals surface area contributed by atoms with Gasteiger partial charge in [0.15, 0.2) is 0 Å². The number of carbonyl (C=O) groups excluding carboxylic acids is 4. The van der Waals surface area contributed by atoms with E-state index in [1.165, 1.54) is 0 Å². The van der Waals surface area contributed by atoms with Crippen LogP contribution in [0.25, 0.3) is 0 Å². The normalized spacial score (nSPS) is 12.8. The molecule has 0 aromatic rings. The van der Waals surface area contributed by atoms with Crippen molar-refractivity contribution in [2.45, 2.75) is 71.6 Å². The third-order valence-corrected chi connectivity index (χ3v) is 2.37. The van der Waals surface area contributed by atoms with Gasteiger partial charge in [-0.15, -0.1) is 0 Å². The molecule has 24 heavy (non-hydrogen) atoms. The van der Waals surface area contributed by atoms with E-state index in [9.17, 15) is 19.2 Å². The number of hydrogen-bond acceptors (Lipinski definition) is 7. The van der Waals surface area contributed by atoms with Gasteiger partial charge in [0, 0.05) is 6.42 Å². The van der Waals surface area contributed by atoms with Gasteiger partial charge in [-0.2, -0.15) is 0 Å². The van der Waals surface area contributed by atoms with Crippen LogP contribution in [0.1, 0.15) is 54.4 Å². The zero-order chi connectivity index (χ0) is 19.1. The molecule has 0 aliphatic carbocycles. The predicted molar refractivity (Wildman–Crippen MR) is 85.3 cm³/mol. The maximum Gasteiger partial charge on any atom is 0.408 e. The van der Waals surface area contributed by atoms with Crippen LogP contribution in [0.3, 0.4) is 0 Å². The molecule has 0 spiro atoms. The first kappa shape index (κ1) is 21.9. The van der Waals surface area contributed by atoms with Gasteiger partial charge in [0.1, 0.15) is 29.4 Å². The van der Waals surface area contributed by atoms with Gasteiger partial charge in [0.2, 0.25) is 0 Å². The molecule has 0 aliphatic rings. The van der Waals surface area contributed by atoms with Crippen LogP contribution in [0, 0.1) is 0 Å². The van der Waals surface area contributed by atoms with Crippen molar-refractivity contribution < 1.29 is 33.4 Å². The maximum atomic E-state index is 11.9. The number of ketones is 1. The Balaban J connectivity index is 4.74. The summed E-state index contributed by atoms with van der Waals surface area (Å²) in [5.74, 6) is -2.07. The molecule has 0 saturated heterocycles. The topological polar surface area (TPSA) is 108 Å². The molecule has 8 heteroatoms. The predicted octanol–water partition coefficient (Wildman–Crippen LogP) is 1.74. The summed E-state index contributed by atoms with van der Waals surface area (Å²) in [6.45, 7) is 10.0. The fourth-order valence-corrected chi connectivity index (χ4v) is 1.62. The van der Waals surface area contributed by atoms with Crippen LogP contribution in [0.4, 0.5) is 4.79 Å². The molecule has 0 aliphatic heterocycles. The summed E-state index contributed by atoms with van der Waals surface area (Å²) < 4.78 is 14.6. The van der Waals surface area contributed by atoms with E-state index < -0.39 is 53.9 Å². The molecule has 0 unspecified atom stereocenters. The van der Waals surface area contributed by atoms with Crippen LogP contribution < -0.4 is 5.32 Å². The monoisotopic (exact) mass is 345 g/mol. The molecular formula is C16H27NO7. The minimum Gasteiger partial charge on any atom is -0.467 e. The van der Waals surface area contributed by atoms with E-state index in [0.717, 1.165) is 7.11 Å². The average Bonchev–Trinajstić information content (AvgIpc) is 2.31. The number of hydrogen-bond donors (Lipinski definition) is 1. The summed E-state index contributed by atoms with van der Waals surface area (Å²) in [5.41, 5.74) is -1.47. The second kappa shape index (κ2) is 8.65. The lowest BCUT2D eigenvalue weighted by Crippen LogP contribution is -2.45. The van der Waals surface area contributed by atoms with Crippen molar-refractivity contribution in [3.8, 4) is 0 Å². The van der Waals surface area contributed by atoms with E-state index in [4.69, 9.17) is 9.47 Å². The molecule has 0 bridgehead atoms. The fourth-order valence-electron chi connectivity index (χ4n) is 1.62. The van der Waals surface area contributed by atoms with E-state index in [1.807, 2.05) is 0 Å². The third kappa shape index (κ3) is 10.6. The van der Waals surface area contributed by atoms with E-state index in [0.29, 0.717) is 0 Å². The Morgan fingerprint density at radius 1 is 0.917 bits per heavy atom. The molecule has 0 saturated carbocycles. The number of amides is 1. The standard InChI is InChI=1S/C16H27NO7/c1-15(2,3)23-12(19)9-10(18)8-11(13(20)22-7)17-14(21)24-16(4,5)6/h11H,8-9H2,1-7H3,(H,17,21)/t11-/m0/s1. The lowest BCUT2D eigenvalue weighted by molar-refractivity contribution is -0.157. The number of ether oxygens (including phenoxy) is 3. The van der Waals surface area contributed by atoms with E-state index in [-0.39, 0.29) is 0 Å². The molecule has 8 nitrogen and oxygen atoms in total. The van der Waals surface area contributed by atoms with Crippen LogP contribution >= 0.6 is 0 Å². The van der Waals surface area contributed by atoms with Crippen molar-refractivity contribution in [1.29, 1.82) is 0 Å². The largest absolute Gasteiger partial charge is 0.467 e. The van der Waals surface area contributed by atoms with Crippen molar-refractivity contribution in [2.24, 2.45) is 0 Å². The SMILES string of the molecule is COC(=O)[C@H](CC(=O)CC(=O)OC(C)(C)C)NC(=O)OC(C)(C)C. The summed E-state index contributed by atoms with van der Waals surface area (Å²) >= 11 is 0. The Hall–Kier alpha value is -2.12. The number of carbonyl (C=O) groups is 4. The third-order valence-electron chi connectivity index (χ3n) is 2.37. The Bertz CT molecular complexity index is 486. The van der Waals surface area contributed by atoms with Gasteiger partial charge in [-0.1, -0.05) is 0 Å². The highest BCUT2D eigenvalue weighted by Crippen LogP contribution is 2.11. The van der Waals surface area contributed by atoms with Crippen molar-refractivity contribution in [2.75, 3.05) is 7.11 Å². The Morgan fingerprint density at radius 3 is 1.83 bits per heavy atom. The summed E-state index contributed by atoms with van der Waals surface area (Å²) in [7, 11) is 1.13. The van der Waals surface area contributed by atoms with Crippen LogP contribution in [-0.4, -0.2) is 48.2 Å². The lowest BCUT2D eigenvalue weighted by Gasteiger charge is -2.22. The van der Waals surface area contributed by atoms with Gasteiger partial charge >= 0.3 is 18.0 Å². The van der Waals surface area contributed by atoms with Crippen molar-refractivity contribution in [3.63, 3.8) is 0 Å². The summed E-state index contributed by atoms with van der Waals surface area (Å²) in [6, 6.07) is -1.24. The van der Waals surface area contributed by atoms with Crippen LogP contribution in [-0.2, 0) is 28.6 Å². The van der Waals surface area contributed by atoms with Crippen LogP contribution in [0.15, 0.2) is 0 Å². The van der Waals surface area contributed by atoms with Gasteiger partial charge < -0.3 is 19.5 Å². The molecule has 138 valence electrons. The first-order valence-corrected chi connectivity index (χ1v) is 7.54. The Labute approximate surface area is 142 Å². The second-order valence-corrected chi connectivity index (χ2v) is 7.23.